The summed E-state index contributed by atoms with van der Waals surface area (Å²) < 4.78 is 1.56. The van der Waals surface area contributed by atoms with E-state index in [0.717, 1.165) is 11.3 Å². The van der Waals surface area contributed by atoms with Gasteiger partial charge in [-0.2, -0.15) is 5.10 Å². The number of carbonyl (C=O) groups is 1. The smallest absolute Gasteiger partial charge is 0.164 e. The van der Waals surface area contributed by atoms with Gasteiger partial charge in [0, 0.05) is 0 Å². The monoisotopic (exact) mass is 234 g/mol. The number of aromatic nitrogens is 2. The van der Waals surface area contributed by atoms with Gasteiger partial charge in [0.15, 0.2) is 5.78 Å². The zero-order chi connectivity index (χ0) is 11.7. The maximum atomic E-state index is 11.2. The number of halogens is 1. The third-order valence-electron chi connectivity index (χ3n) is 2.34. The van der Waals surface area contributed by atoms with E-state index in [2.05, 4.69) is 5.10 Å². The molecule has 0 spiro atoms. The van der Waals surface area contributed by atoms with Gasteiger partial charge in [0.2, 0.25) is 0 Å². The highest BCUT2D eigenvalue weighted by molar-refractivity contribution is 6.33. The second-order valence-corrected chi connectivity index (χ2v) is 4.01. The molecule has 2 aromatic rings. The molecule has 0 aliphatic rings. The van der Waals surface area contributed by atoms with Crippen LogP contribution in [0.3, 0.4) is 0 Å². The summed E-state index contributed by atoms with van der Waals surface area (Å²) in [6, 6.07) is 7.78. The van der Waals surface area contributed by atoms with Crippen molar-refractivity contribution in [3.05, 3.63) is 46.7 Å². The van der Waals surface area contributed by atoms with Crippen LogP contribution in [0.1, 0.15) is 22.8 Å². The van der Waals surface area contributed by atoms with Gasteiger partial charge >= 0.3 is 0 Å². The lowest BCUT2D eigenvalue weighted by atomic mass is 10.2. The minimum atomic E-state index is -0.0797. The number of carbonyl (C=O) groups excluding carboxylic acids is 1. The highest BCUT2D eigenvalue weighted by atomic mass is 35.5. The molecule has 4 heteroatoms. The molecule has 0 bridgehead atoms. The summed E-state index contributed by atoms with van der Waals surface area (Å²) >= 11 is 6.09. The Hall–Kier alpha value is -1.61. The minimum Gasteiger partial charge on any atom is -0.294 e. The Labute approximate surface area is 98.7 Å². The maximum absolute atomic E-state index is 11.2. The molecule has 1 aromatic carbocycles. The van der Waals surface area contributed by atoms with E-state index in [1.54, 1.807) is 4.68 Å². The summed E-state index contributed by atoms with van der Waals surface area (Å²) in [7, 11) is 0. The fourth-order valence-electron chi connectivity index (χ4n) is 1.51. The fraction of sp³-hybridized carbons (Fsp3) is 0.167. The van der Waals surface area contributed by atoms with Crippen LogP contribution in [-0.2, 0) is 0 Å². The SMILES string of the molecule is CC(=O)c1cnn(-c2cccc(C)c2)c1Cl. The molecule has 0 saturated heterocycles. The summed E-state index contributed by atoms with van der Waals surface area (Å²) in [5.41, 5.74) is 2.43. The number of Topliss-reactive ketones (excluding diaryl/α,β-unsaturated/α-hetero) is 1. The second-order valence-electron chi connectivity index (χ2n) is 3.66. The highest BCUT2D eigenvalue weighted by Crippen LogP contribution is 2.20. The number of aryl methyl sites for hydroxylation is 1. The van der Waals surface area contributed by atoms with Crippen molar-refractivity contribution >= 4 is 17.4 Å². The molecule has 0 atom stereocenters. The lowest BCUT2D eigenvalue weighted by molar-refractivity contribution is 0.101. The van der Waals surface area contributed by atoms with Crippen molar-refractivity contribution < 1.29 is 4.79 Å². The maximum Gasteiger partial charge on any atom is 0.164 e. The molecule has 0 aliphatic carbocycles. The molecule has 0 N–H and O–H groups in total. The Bertz CT molecular complexity index is 546. The van der Waals surface area contributed by atoms with Crippen LogP contribution in [0.25, 0.3) is 5.69 Å². The molecule has 0 saturated carbocycles. The summed E-state index contributed by atoms with van der Waals surface area (Å²) in [6.07, 6.45) is 1.49. The fourth-order valence-corrected chi connectivity index (χ4v) is 1.83. The normalized spacial score (nSPS) is 10.4. The first-order chi connectivity index (χ1) is 7.59. The Morgan fingerprint density at radius 1 is 1.44 bits per heavy atom. The van der Waals surface area contributed by atoms with Gasteiger partial charge in [0.1, 0.15) is 5.15 Å². The molecule has 16 heavy (non-hydrogen) atoms. The first kappa shape index (κ1) is 10.9. The number of rotatable bonds is 2. The summed E-state index contributed by atoms with van der Waals surface area (Å²) in [4.78, 5) is 11.2. The Balaban J connectivity index is 2.53. The summed E-state index contributed by atoms with van der Waals surface area (Å²) in [5.74, 6) is -0.0797. The zero-order valence-electron chi connectivity index (χ0n) is 9.07. The largest absolute Gasteiger partial charge is 0.294 e. The van der Waals surface area contributed by atoms with Crippen molar-refractivity contribution in [3.8, 4) is 5.69 Å². The van der Waals surface area contributed by atoms with Crippen molar-refractivity contribution in [2.24, 2.45) is 0 Å². The number of benzene rings is 1. The van der Waals surface area contributed by atoms with Crippen LogP contribution < -0.4 is 0 Å². The van der Waals surface area contributed by atoms with Crippen molar-refractivity contribution in [2.75, 3.05) is 0 Å². The minimum absolute atomic E-state index is 0.0797. The van der Waals surface area contributed by atoms with Crippen LogP contribution in [0.5, 0.6) is 0 Å². The Kier molecular flexibility index (Phi) is 2.79. The van der Waals surface area contributed by atoms with Crippen molar-refractivity contribution in [1.29, 1.82) is 0 Å². The lowest BCUT2D eigenvalue weighted by Gasteiger charge is -2.03. The molecule has 0 aliphatic heterocycles. The number of hydrogen-bond donors (Lipinski definition) is 0. The second kappa shape index (κ2) is 4.10. The number of nitrogens with zero attached hydrogens (tertiary/aromatic N) is 2. The van der Waals surface area contributed by atoms with E-state index >= 15 is 0 Å². The van der Waals surface area contributed by atoms with Gasteiger partial charge in [-0.3, -0.25) is 4.79 Å². The van der Waals surface area contributed by atoms with Gasteiger partial charge in [-0.15, -0.1) is 0 Å². The standard InChI is InChI=1S/C12H11ClN2O/c1-8-4-3-5-10(6-8)15-12(13)11(7-14-15)9(2)16/h3-7H,1-2H3. The molecule has 0 fully saturated rings. The zero-order valence-corrected chi connectivity index (χ0v) is 9.82. The van der Waals surface area contributed by atoms with Crippen LogP contribution in [-0.4, -0.2) is 15.6 Å². The van der Waals surface area contributed by atoms with Crippen LogP contribution >= 0.6 is 11.6 Å². The van der Waals surface area contributed by atoms with Crippen LogP contribution in [0, 0.1) is 6.92 Å². The molecular formula is C12H11ClN2O. The highest BCUT2D eigenvalue weighted by Gasteiger charge is 2.13. The van der Waals surface area contributed by atoms with Crippen molar-refractivity contribution in [1.82, 2.24) is 9.78 Å². The average molecular weight is 235 g/mol. The molecule has 82 valence electrons. The summed E-state index contributed by atoms with van der Waals surface area (Å²) in [5, 5.41) is 4.47. The van der Waals surface area contributed by atoms with Crippen LogP contribution in [0.4, 0.5) is 0 Å². The molecule has 1 heterocycles. The molecule has 3 nitrogen and oxygen atoms in total. The van der Waals surface area contributed by atoms with E-state index in [1.807, 2.05) is 31.2 Å². The Morgan fingerprint density at radius 2 is 2.19 bits per heavy atom. The average Bonchev–Trinajstić information content (AvgIpc) is 2.60. The van der Waals surface area contributed by atoms with Gasteiger partial charge < -0.3 is 0 Å². The van der Waals surface area contributed by atoms with Gasteiger partial charge in [0.05, 0.1) is 17.4 Å². The van der Waals surface area contributed by atoms with Gasteiger partial charge in [-0.05, 0) is 31.5 Å². The van der Waals surface area contributed by atoms with E-state index in [9.17, 15) is 4.79 Å². The predicted molar refractivity (Wildman–Crippen MR) is 63.3 cm³/mol. The summed E-state index contributed by atoms with van der Waals surface area (Å²) in [6.45, 7) is 3.47. The lowest BCUT2D eigenvalue weighted by Crippen LogP contribution is -1.97. The molecule has 0 radical (unpaired) electrons. The van der Waals surface area contributed by atoms with Gasteiger partial charge in [-0.1, -0.05) is 23.7 Å². The first-order valence-corrected chi connectivity index (χ1v) is 5.29. The third kappa shape index (κ3) is 1.86. The van der Waals surface area contributed by atoms with E-state index in [-0.39, 0.29) is 5.78 Å². The molecule has 0 unspecified atom stereocenters. The third-order valence-corrected chi connectivity index (χ3v) is 2.70. The van der Waals surface area contributed by atoms with Crippen LogP contribution in [0.2, 0.25) is 5.15 Å². The molecule has 1 aromatic heterocycles. The van der Waals surface area contributed by atoms with Crippen molar-refractivity contribution in [2.45, 2.75) is 13.8 Å². The molecular weight excluding hydrogens is 224 g/mol. The molecule has 0 amide bonds. The van der Waals surface area contributed by atoms with Gasteiger partial charge in [0.25, 0.3) is 0 Å². The number of ketones is 1. The van der Waals surface area contributed by atoms with E-state index < -0.39 is 0 Å². The quantitative estimate of drug-likeness (QED) is 0.749. The van der Waals surface area contributed by atoms with Gasteiger partial charge in [-0.25, -0.2) is 4.68 Å². The number of hydrogen-bond acceptors (Lipinski definition) is 2. The first-order valence-electron chi connectivity index (χ1n) is 4.91. The topological polar surface area (TPSA) is 34.9 Å². The van der Waals surface area contributed by atoms with E-state index in [1.165, 1.54) is 13.1 Å². The molecule has 2 rings (SSSR count). The predicted octanol–water partition coefficient (Wildman–Crippen LogP) is 3.04. The van der Waals surface area contributed by atoms with Crippen LogP contribution in [0.15, 0.2) is 30.5 Å². The van der Waals surface area contributed by atoms with Crippen molar-refractivity contribution in [3.63, 3.8) is 0 Å². The van der Waals surface area contributed by atoms with E-state index in [4.69, 9.17) is 11.6 Å². The van der Waals surface area contributed by atoms with E-state index in [0.29, 0.717) is 10.7 Å². The Morgan fingerprint density at radius 3 is 2.75 bits per heavy atom.